The minimum absolute atomic E-state index is 0. The molecule has 0 amide bonds. The number of aliphatic hydroxyl groups is 2. The van der Waals surface area contributed by atoms with E-state index in [1.54, 1.807) is 0 Å². The number of phosphoric ester groups is 1. The molecule has 1 atom stereocenters. The second kappa shape index (κ2) is 5.91. The summed E-state index contributed by atoms with van der Waals surface area (Å²) < 4.78 is 13.8. The number of halogens is 1. The third kappa shape index (κ3) is 10.3. The molecule has 0 rings (SSSR count). The van der Waals surface area contributed by atoms with Crippen LogP contribution in [-0.4, -0.2) is 39.3 Å². The summed E-state index contributed by atoms with van der Waals surface area (Å²) in [5.41, 5.74) is 0. The second-order valence-corrected chi connectivity index (χ2v) is 2.86. The minimum atomic E-state index is -4.50. The summed E-state index contributed by atoms with van der Waals surface area (Å²) in [6.45, 7) is -1.15. The predicted molar refractivity (Wildman–Crippen MR) is 38.3 cm³/mol. The van der Waals surface area contributed by atoms with Gasteiger partial charge in [0.1, 0.15) is 6.10 Å². The van der Waals surface area contributed by atoms with E-state index >= 15 is 0 Å². The van der Waals surface area contributed by atoms with Crippen LogP contribution in [0, 0.1) is 0 Å². The first kappa shape index (κ1) is 13.9. The number of hydrogen-bond acceptors (Lipinski definition) is 4. The SMILES string of the molecule is Cl.O=P(O)(O)OCC(O)CO. The second-order valence-electron chi connectivity index (χ2n) is 1.62. The third-order valence-electron chi connectivity index (χ3n) is 0.646. The van der Waals surface area contributed by atoms with Crippen LogP contribution in [0.15, 0.2) is 0 Å². The van der Waals surface area contributed by atoms with Gasteiger partial charge >= 0.3 is 7.82 Å². The Bertz CT molecular complexity index is 134. The average molecular weight is 209 g/mol. The molecule has 0 aliphatic heterocycles. The molecule has 0 bridgehead atoms. The highest BCUT2D eigenvalue weighted by atomic mass is 35.5. The van der Waals surface area contributed by atoms with E-state index in [4.69, 9.17) is 20.0 Å². The van der Waals surface area contributed by atoms with Gasteiger partial charge in [-0.15, -0.1) is 12.4 Å². The van der Waals surface area contributed by atoms with Crippen molar-refractivity contribution in [2.45, 2.75) is 6.10 Å². The van der Waals surface area contributed by atoms with Crippen molar-refractivity contribution >= 4 is 20.2 Å². The Morgan fingerprint density at radius 2 is 1.91 bits per heavy atom. The molecule has 1 unspecified atom stereocenters. The van der Waals surface area contributed by atoms with Gasteiger partial charge < -0.3 is 20.0 Å². The smallest absolute Gasteiger partial charge is 0.394 e. The van der Waals surface area contributed by atoms with Gasteiger partial charge in [-0.2, -0.15) is 0 Å². The first-order valence-electron chi connectivity index (χ1n) is 2.44. The molecule has 0 heterocycles. The maximum absolute atomic E-state index is 9.93. The van der Waals surface area contributed by atoms with Crippen LogP contribution in [0.3, 0.4) is 0 Å². The number of hydrogen-bond donors (Lipinski definition) is 4. The molecule has 0 aliphatic rings. The summed E-state index contributed by atoms with van der Waals surface area (Å²) in [4.78, 5) is 16.1. The van der Waals surface area contributed by atoms with Crippen LogP contribution in [-0.2, 0) is 9.09 Å². The summed E-state index contributed by atoms with van der Waals surface area (Å²) in [5.74, 6) is 0. The summed E-state index contributed by atoms with van der Waals surface area (Å²) in [5, 5.41) is 16.7. The molecule has 8 heteroatoms. The Labute approximate surface area is 69.5 Å². The average Bonchev–Trinajstić information content (AvgIpc) is 1.81. The summed E-state index contributed by atoms with van der Waals surface area (Å²) in [6, 6.07) is 0. The van der Waals surface area contributed by atoms with E-state index in [9.17, 15) is 4.57 Å². The van der Waals surface area contributed by atoms with Crippen LogP contribution < -0.4 is 0 Å². The van der Waals surface area contributed by atoms with Crippen LogP contribution in [0.2, 0.25) is 0 Å². The van der Waals surface area contributed by atoms with Crippen LogP contribution in [0.1, 0.15) is 0 Å². The highest BCUT2D eigenvalue weighted by molar-refractivity contribution is 7.46. The fourth-order valence-corrected chi connectivity index (χ4v) is 0.602. The Kier molecular flexibility index (Phi) is 7.45. The lowest BCUT2D eigenvalue weighted by Crippen LogP contribution is -2.18. The number of rotatable bonds is 4. The molecule has 0 saturated carbocycles. The monoisotopic (exact) mass is 208 g/mol. The van der Waals surface area contributed by atoms with Crippen molar-refractivity contribution in [1.29, 1.82) is 0 Å². The van der Waals surface area contributed by atoms with E-state index in [-0.39, 0.29) is 12.4 Å². The van der Waals surface area contributed by atoms with Crippen LogP contribution in [0.4, 0.5) is 0 Å². The van der Waals surface area contributed by atoms with Gasteiger partial charge in [0, 0.05) is 0 Å². The summed E-state index contributed by atoms with van der Waals surface area (Å²) in [7, 11) is -4.50. The molecule has 4 N–H and O–H groups in total. The zero-order chi connectivity index (χ0) is 8.20. The highest BCUT2D eigenvalue weighted by Gasteiger charge is 2.15. The Balaban J connectivity index is 0. The predicted octanol–water partition coefficient (Wildman–Crippen LogP) is -1.13. The molecule has 0 aromatic carbocycles. The molecule has 0 spiro atoms. The summed E-state index contributed by atoms with van der Waals surface area (Å²) >= 11 is 0. The molecular weight excluding hydrogens is 198 g/mol. The maximum atomic E-state index is 9.93. The van der Waals surface area contributed by atoms with Crippen molar-refractivity contribution in [1.82, 2.24) is 0 Å². The molecule has 0 radical (unpaired) electrons. The van der Waals surface area contributed by atoms with Crippen molar-refractivity contribution in [2.24, 2.45) is 0 Å². The number of phosphoric acid groups is 1. The third-order valence-corrected chi connectivity index (χ3v) is 1.13. The Hall–Kier alpha value is 0.320. The molecule has 0 aromatic heterocycles. The van der Waals surface area contributed by atoms with Gasteiger partial charge in [-0.25, -0.2) is 4.57 Å². The topological polar surface area (TPSA) is 107 Å². The van der Waals surface area contributed by atoms with Gasteiger partial charge in [0.25, 0.3) is 0 Å². The van der Waals surface area contributed by atoms with Crippen LogP contribution in [0.5, 0.6) is 0 Å². The molecule has 70 valence electrons. The Morgan fingerprint density at radius 3 is 2.18 bits per heavy atom. The number of aliphatic hydroxyl groups excluding tert-OH is 2. The minimum Gasteiger partial charge on any atom is -0.394 e. The molecule has 0 aromatic rings. The lowest BCUT2D eigenvalue weighted by molar-refractivity contribution is 0.0419. The van der Waals surface area contributed by atoms with Crippen molar-refractivity contribution in [2.75, 3.05) is 13.2 Å². The molecule has 6 nitrogen and oxygen atoms in total. The first-order valence-corrected chi connectivity index (χ1v) is 3.98. The van der Waals surface area contributed by atoms with E-state index in [1.165, 1.54) is 0 Å². The largest absolute Gasteiger partial charge is 0.469 e. The molecule has 0 aliphatic carbocycles. The zero-order valence-electron chi connectivity index (χ0n) is 5.45. The first-order chi connectivity index (χ1) is 4.45. The Morgan fingerprint density at radius 1 is 1.45 bits per heavy atom. The fourth-order valence-electron chi connectivity index (χ4n) is 0.236. The van der Waals surface area contributed by atoms with Crippen molar-refractivity contribution in [3.63, 3.8) is 0 Å². The van der Waals surface area contributed by atoms with E-state index in [0.29, 0.717) is 0 Å². The normalized spacial score (nSPS) is 13.8. The maximum Gasteiger partial charge on any atom is 0.469 e. The highest BCUT2D eigenvalue weighted by Crippen LogP contribution is 2.35. The van der Waals surface area contributed by atoms with E-state index in [1.807, 2.05) is 0 Å². The lowest BCUT2D eigenvalue weighted by atomic mass is 10.4. The molecule has 0 saturated heterocycles. The quantitative estimate of drug-likeness (QED) is 0.436. The van der Waals surface area contributed by atoms with Gasteiger partial charge in [0.2, 0.25) is 0 Å². The molecular formula is C3H10ClO6P. The summed E-state index contributed by atoms with van der Waals surface area (Å²) in [6.07, 6.45) is -1.24. The fraction of sp³-hybridized carbons (Fsp3) is 1.00. The van der Waals surface area contributed by atoms with E-state index < -0.39 is 27.1 Å². The molecule has 11 heavy (non-hydrogen) atoms. The van der Waals surface area contributed by atoms with Crippen molar-refractivity contribution < 1.29 is 29.1 Å². The van der Waals surface area contributed by atoms with Crippen molar-refractivity contribution in [3.05, 3.63) is 0 Å². The van der Waals surface area contributed by atoms with Crippen LogP contribution in [0.25, 0.3) is 0 Å². The standard InChI is InChI=1S/C3H9O6P.ClH/c4-1-3(5)2-9-10(6,7)8;/h3-5H,1-2H2,(H2,6,7,8);1H. The van der Waals surface area contributed by atoms with E-state index in [2.05, 4.69) is 4.52 Å². The van der Waals surface area contributed by atoms with Gasteiger partial charge in [-0.05, 0) is 0 Å². The van der Waals surface area contributed by atoms with Crippen molar-refractivity contribution in [3.8, 4) is 0 Å². The van der Waals surface area contributed by atoms with E-state index in [0.717, 1.165) is 0 Å². The van der Waals surface area contributed by atoms with Gasteiger partial charge in [0.05, 0.1) is 13.2 Å². The molecule has 0 fully saturated rings. The van der Waals surface area contributed by atoms with Gasteiger partial charge in [-0.3, -0.25) is 4.52 Å². The van der Waals surface area contributed by atoms with Gasteiger partial charge in [-0.1, -0.05) is 0 Å². The van der Waals surface area contributed by atoms with Crippen LogP contribution >= 0.6 is 20.2 Å². The van der Waals surface area contributed by atoms with Gasteiger partial charge in [0.15, 0.2) is 0 Å². The zero-order valence-corrected chi connectivity index (χ0v) is 7.16. The lowest BCUT2D eigenvalue weighted by Gasteiger charge is -2.07.